The molecule has 0 saturated heterocycles. The smallest absolute Gasteiger partial charge is 0.165 e. The van der Waals surface area contributed by atoms with Crippen LogP contribution in [0.4, 0.5) is 5.82 Å². The summed E-state index contributed by atoms with van der Waals surface area (Å²) in [6, 6.07) is 12.6. The molecule has 1 N–H and O–H groups in total. The van der Waals surface area contributed by atoms with Crippen molar-refractivity contribution in [1.29, 1.82) is 0 Å². The molecule has 4 heterocycles. The van der Waals surface area contributed by atoms with Crippen molar-refractivity contribution in [3.05, 3.63) is 70.9 Å². The van der Waals surface area contributed by atoms with Crippen LogP contribution in [0.3, 0.4) is 0 Å². The fraction of sp³-hybridized carbons (Fsp3) is 0.250. The van der Waals surface area contributed by atoms with Gasteiger partial charge in [-0.25, -0.2) is 4.98 Å². The summed E-state index contributed by atoms with van der Waals surface area (Å²) in [6.07, 6.45) is 1.90. The average molecular weight is 412 g/mol. The summed E-state index contributed by atoms with van der Waals surface area (Å²) in [7, 11) is 1.97. The van der Waals surface area contributed by atoms with Crippen LogP contribution in [-0.4, -0.2) is 29.4 Å². The standard InChI is InChI=1S/C24H25N7/c1-14-6-7-18(12-25-14)13-26-22-10-15(2)27-24-23(17(4)29-31(22)24)19-8-9-21-20(11-19)16(3)28-30(21)5/h6-12,26H,13H2,1-5H3. The van der Waals surface area contributed by atoms with Gasteiger partial charge in [0.15, 0.2) is 5.65 Å². The molecule has 0 atom stereocenters. The van der Waals surface area contributed by atoms with E-state index in [-0.39, 0.29) is 0 Å². The molecular weight excluding hydrogens is 386 g/mol. The van der Waals surface area contributed by atoms with Crippen LogP contribution in [0, 0.1) is 27.7 Å². The van der Waals surface area contributed by atoms with Crippen molar-refractivity contribution < 1.29 is 0 Å². The Hall–Kier alpha value is -3.74. The number of rotatable bonds is 4. The van der Waals surface area contributed by atoms with E-state index in [2.05, 4.69) is 39.7 Å². The fourth-order valence-corrected chi connectivity index (χ4v) is 4.10. The zero-order chi connectivity index (χ0) is 21.7. The number of hydrogen-bond acceptors (Lipinski definition) is 5. The Kier molecular flexibility index (Phi) is 4.46. The number of aryl methyl sites for hydroxylation is 5. The van der Waals surface area contributed by atoms with Crippen LogP contribution >= 0.6 is 0 Å². The highest BCUT2D eigenvalue weighted by Gasteiger charge is 2.17. The van der Waals surface area contributed by atoms with Crippen LogP contribution in [0.1, 0.15) is 28.3 Å². The molecule has 1 aromatic carbocycles. The lowest BCUT2D eigenvalue weighted by Gasteiger charge is -2.10. The first kappa shape index (κ1) is 19.2. The Bertz CT molecular complexity index is 1420. The first-order chi connectivity index (χ1) is 14.9. The Balaban J connectivity index is 1.59. The van der Waals surface area contributed by atoms with Crippen molar-refractivity contribution in [2.45, 2.75) is 34.2 Å². The highest BCUT2D eigenvalue weighted by molar-refractivity contribution is 5.90. The second-order valence-corrected chi connectivity index (χ2v) is 8.08. The molecule has 156 valence electrons. The third kappa shape index (κ3) is 3.32. The van der Waals surface area contributed by atoms with E-state index in [1.807, 2.05) is 62.3 Å². The molecule has 5 aromatic rings. The molecule has 0 radical (unpaired) electrons. The summed E-state index contributed by atoms with van der Waals surface area (Å²) in [5, 5.41) is 14.0. The van der Waals surface area contributed by atoms with Crippen LogP contribution in [0.2, 0.25) is 0 Å². The van der Waals surface area contributed by atoms with Crippen molar-refractivity contribution in [2.24, 2.45) is 7.05 Å². The minimum absolute atomic E-state index is 0.668. The molecule has 0 bridgehead atoms. The highest BCUT2D eigenvalue weighted by atomic mass is 15.3. The Morgan fingerprint density at radius 2 is 1.74 bits per heavy atom. The lowest BCUT2D eigenvalue weighted by Crippen LogP contribution is -2.07. The second kappa shape index (κ2) is 7.19. The molecule has 0 amide bonds. The van der Waals surface area contributed by atoms with Gasteiger partial charge in [-0.2, -0.15) is 14.7 Å². The van der Waals surface area contributed by atoms with Crippen molar-refractivity contribution in [1.82, 2.24) is 29.4 Å². The van der Waals surface area contributed by atoms with E-state index in [0.717, 1.165) is 61.8 Å². The van der Waals surface area contributed by atoms with E-state index < -0.39 is 0 Å². The third-order valence-corrected chi connectivity index (χ3v) is 5.66. The van der Waals surface area contributed by atoms with E-state index >= 15 is 0 Å². The molecule has 4 aromatic heterocycles. The van der Waals surface area contributed by atoms with Crippen LogP contribution in [0.5, 0.6) is 0 Å². The number of anilines is 1. The lowest BCUT2D eigenvalue weighted by atomic mass is 10.0. The highest BCUT2D eigenvalue weighted by Crippen LogP contribution is 2.32. The molecule has 7 nitrogen and oxygen atoms in total. The van der Waals surface area contributed by atoms with Crippen LogP contribution in [0.15, 0.2) is 42.6 Å². The minimum Gasteiger partial charge on any atom is -0.366 e. The van der Waals surface area contributed by atoms with Gasteiger partial charge in [-0.05, 0) is 57.0 Å². The Morgan fingerprint density at radius 3 is 2.52 bits per heavy atom. The molecule has 0 aliphatic rings. The maximum Gasteiger partial charge on any atom is 0.165 e. The van der Waals surface area contributed by atoms with Crippen molar-refractivity contribution in [3.8, 4) is 11.1 Å². The number of benzene rings is 1. The predicted molar refractivity (Wildman–Crippen MR) is 123 cm³/mol. The van der Waals surface area contributed by atoms with Gasteiger partial charge in [0, 0.05) is 48.2 Å². The third-order valence-electron chi connectivity index (χ3n) is 5.66. The summed E-state index contributed by atoms with van der Waals surface area (Å²) in [5.74, 6) is 0.913. The number of hydrogen-bond donors (Lipinski definition) is 1. The van der Waals surface area contributed by atoms with Crippen LogP contribution in [0.25, 0.3) is 27.7 Å². The molecule has 0 aliphatic heterocycles. The van der Waals surface area contributed by atoms with Gasteiger partial charge in [0.2, 0.25) is 0 Å². The van der Waals surface area contributed by atoms with E-state index in [0.29, 0.717) is 6.54 Å². The molecule has 0 saturated carbocycles. The van der Waals surface area contributed by atoms with Crippen molar-refractivity contribution >= 4 is 22.4 Å². The quantitative estimate of drug-likeness (QED) is 0.471. The van der Waals surface area contributed by atoms with Crippen LogP contribution in [-0.2, 0) is 13.6 Å². The zero-order valence-electron chi connectivity index (χ0n) is 18.4. The van der Waals surface area contributed by atoms with E-state index in [9.17, 15) is 0 Å². The van der Waals surface area contributed by atoms with Gasteiger partial charge in [-0.15, -0.1) is 0 Å². The van der Waals surface area contributed by atoms with E-state index in [4.69, 9.17) is 10.1 Å². The second-order valence-electron chi connectivity index (χ2n) is 8.08. The van der Waals surface area contributed by atoms with Gasteiger partial charge in [-0.3, -0.25) is 9.67 Å². The number of nitrogens with one attached hydrogen (secondary N) is 1. The van der Waals surface area contributed by atoms with Gasteiger partial charge in [-0.1, -0.05) is 12.1 Å². The Labute approximate surface area is 180 Å². The molecule has 0 spiro atoms. The monoisotopic (exact) mass is 411 g/mol. The summed E-state index contributed by atoms with van der Waals surface area (Å²) in [4.78, 5) is 9.22. The minimum atomic E-state index is 0.668. The summed E-state index contributed by atoms with van der Waals surface area (Å²) >= 11 is 0. The first-order valence-corrected chi connectivity index (χ1v) is 10.4. The number of aromatic nitrogens is 6. The van der Waals surface area contributed by atoms with Gasteiger partial charge in [0.1, 0.15) is 5.82 Å². The fourth-order valence-electron chi connectivity index (χ4n) is 4.10. The molecule has 31 heavy (non-hydrogen) atoms. The number of pyridine rings is 1. The van der Waals surface area contributed by atoms with Crippen LogP contribution < -0.4 is 5.32 Å². The topological polar surface area (TPSA) is 72.9 Å². The zero-order valence-corrected chi connectivity index (χ0v) is 18.4. The van der Waals surface area contributed by atoms with Gasteiger partial charge < -0.3 is 5.32 Å². The summed E-state index contributed by atoms with van der Waals surface area (Å²) in [5.41, 5.74) is 9.16. The Morgan fingerprint density at radius 1 is 0.903 bits per heavy atom. The average Bonchev–Trinajstić information content (AvgIpc) is 3.22. The summed E-state index contributed by atoms with van der Waals surface area (Å²) < 4.78 is 3.82. The molecule has 0 aliphatic carbocycles. The predicted octanol–water partition coefficient (Wildman–Crippen LogP) is 4.52. The number of fused-ring (bicyclic) bond motifs is 2. The maximum atomic E-state index is 4.84. The van der Waals surface area contributed by atoms with E-state index in [1.165, 1.54) is 0 Å². The van der Waals surface area contributed by atoms with Crippen molar-refractivity contribution in [3.63, 3.8) is 0 Å². The molecule has 7 heteroatoms. The largest absolute Gasteiger partial charge is 0.366 e. The van der Waals surface area contributed by atoms with E-state index in [1.54, 1.807) is 0 Å². The molecule has 5 rings (SSSR count). The number of nitrogens with zero attached hydrogens (tertiary/aromatic N) is 6. The van der Waals surface area contributed by atoms with Gasteiger partial charge in [0.05, 0.1) is 16.9 Å². The van der Waals surface area contributed by atoms with Crippen molar-refractivity contribution in [2.75, 3.05) is 5.32 Å². The normalized spacial score (nSPS) is 11.5. The summed E-state index contributed by atoms with van der Waals surface area (Å²) in [6.45, 7) is 8.75. The van der Waals surface area contributed by atoms with Gasteiger partial charge in [0.25, 0.3) is 0 Å². The first-order valence-electron chi connectivity index (χ1n) is 10.4. The molecule has 0 unspecified atom stereocenters. The molecule has 0 fully saturated rings. The SMILES string of the molecule is Cc1ccc(CNc2cc(C)nc3c(-c4ccc5c(c4)c(C)nn5C)c(C)nn23)cn1. The van der Waals surface area contributed by atoms with Gasteiger partial charge >= 0.3 is 0 Å². The maximum absolute atomic E-state index is 4.84. The lowest BCUT2D eigenvalue weighted by molar-refractivity contribution is 0.783. The molecular formula is C24H25N7.